The Bertz CT molecular complexity index is 834. The van der Waals surface area contributed by atoms with Gasteiger partial charge in [0, 0.05) is 16.9 Å². The van der Waals surface area contributed by atoms with Gasteiger partial charge in [-0.1, -0.05) is 28.1 Å². The molecule has 0 saturated heterocycles. The monoisotopic (exact) mass is 338 g/mol. The van der Waals surface area contributed by atoms with Gasteiger partial charge in [-0.3, -0.25) is 4.98 Å². The van der Waals surface area contributed by atoms with E-state index in [1.165, 1.54) is 0 Å². The quantitative estimate of drug-likeness (QED) is 0.644. The summed E-state index contributed by atoms with van der Waals surface area (Å²) in [7, 11) is 0. The van der Waals surface area contributed by atoms with E-state index in [9.17, 15) is 5.26 Å². The molecule has 0 saturated carbocycles. The Balaban J connectivity index is 2.05. The van der Waals surface area contributed by atoms with Gasteiger partial charge < -0.3 is 4.74 Å². The second-order valence-corrected chi connectivity index (χ2v) is 5.06. The van der Waals surface area contributed by atoms with Gasteiger partial charge in [-0.2, -0.15) is 5.26 Å². The number of hydrogen-bond acceptors (Lipinski definition) is 3. The van der Waals surface area contributed by atoms with E-state index in [4.69, 9.17) is 4.74 Å². The molecule has 0 atom stereocenters. The van der Waals surface area contributed by atoms with Crippen molar-refractivity contribution in [1.82, 2.24) is 4.98 Å². The molecule has 2 aromatic carbocycles. The van der Waals surface area contributed by atoms with Gasteiger partial charge in [-0.15, -0.1) is 0 Å². The Kier molecular flexibility index (Phi) is 3.85. The molecule has 1 heterocycles. The molecule has 0 fully saturated rings. The predicted molar refractivity (Wildman–Crippen MR) is 85.6 cm³/mol. The highest BCUT2D eigenvalue weighted by molar-refractivity contribution is 9.08. The third-order valence-electron chi connectivity index (χ3n) is 3.14. The number of nitriles is 1. The van der Waals surface area contributed by atoms with E-state index in [-0.39, 0.29) is 0 Å². The highest BCUT2D eigenvalue weighted by Gasteiger charge is 2.08. The van der Waals surface area contributed by atoms with Gasteiger partial charge in [0.25, 0.3) is 0 Å². The molecule has 4 heteroatoms. The summed E-state index contributed by atoms with van der Waals surface area (Å²) < 4.78 is 5.94. The van der Waals surface area contributed by atoms with E-state index >= 15 is 0 Å². The van der Waals surface area contributed by atoms with E-state index in [2.05, 4.69) is 27.0 Å². The number of pyridine rings is 1. The Hall–Kier alpha value is -2.38. The van der Waals surface area contributed by atoms with E-state index in [0.29, 0.717) is 22.4 Å². The lowest BCUT2D eigenvalue weighted by molar-refractivity contribution is 0.486. The predicted octanol–water partition coefficient (Wildman–Crippen LogP) is 4.79. The van der Waals surface area contributed by atoms with E-state index in [1.807, 2.05) is 48.5 Å². The Morgan fingerprint density at radius 3 is 2.81 bits per heavy atom. The normalized spacial score (nSPS) is 10.3. The Labute approximate surface area is 130 Å². The maximum atomic E-state index is 9.27. The molecule has 0 spiro atoms. The molecule has 0 radical (unpaired) electrons. The molecule has 0 bridgehead atoms. The first-order valence-electron chi connectivity index (χ1n) is 6.42. The van der Waals surface area contributed by atoms with Crippen LogP contribution in [0.5, 0.6) is 11.5 Å². The maximum absolute atomic E-state index is 9.27. The van der Waals surface area contributed by atoms with E-state index in [1.54, 1.807) is 6.20 Å². The van der Waals surface area contributed by atoms with Gasteiger partial charge in [0.1, 0.15) is 17.6 Å². The van der Waals surface area contributed by atoms with Crippen molar-refractivity contribution < 1.29 is 4.74 Å². The van der Waals surface area contributed by atoms with Crippen LogP contribution in [-0.2, 0) is 5.33 Å². The first kappa shape index (κ1) is 13.6. The van der Waals surface area contributed by atoms with Gasteiger partial charge in [0.05, 0.1) is 11.1 Å². The molecule has 3 nitrogen and oxygen atoms in total. The molecule has 0 aliphatic rings. The minimum atomic E-state index is 0.521. The zero-order chi connectivity index (χ0) is 14.7. The second kappa shape index (κ2) is 5.94. The molecule has 21 heavy (non-hydrogen) atoms. The third-order valence-corrected chi connectivity index (χ3v) is 3.79. The smallest absolute Gasteiger partial charge is 0.145 e. The zero-order valence-electron chi connectivity index (χ0n) is 11.1. The summed E-state index contributed by atoms with van der Waals surface area (Å²) >= 11 is 3.39. The van der Waals surface area contributed by atoms with Crippen LogP contribution in [0, 0.1) is 11.3 Å². The molecule has 3 aromatic rings. The third kappa shape index (κ3) is 2.74. The van der Waals surface area contributed by atoms with Crippen molar-refractivity contribution in [3.05, 3.63) is 65.9 Å². The van der Waals surface area contributed by atoms with Crippen molar-refractivity contribution in [3.63, 3.8) is 0 Å². The van der Waals surface area contributed by atoms with Crippen LogP contribution in [0.4, 0.5) is 0 Å². The molecular weight excluding hydrogens is 328 g/mol. The Morgan fingerprint density at radius 2 is 2.00 bits per heavy atom. The van der Waals surface area contributed by atoms with Crippen molar-refractivity contribution in [2.75, 3.05) is 0 Å². The summed E-state index contributed by atoms with van der Waals surface area (Å²) in [6, 6.07) is 17.3. The van der Waals surface area contributed by atoms with Crippen LogP contribution in [0.2, 0.25) is 0 Å². The Morgan fingerprint density at radius 1 is 1.10 bits per heavy atom. The van der Waals surface area contributed by atoms with Crippen LogP contribution < -0.4 is 4.74 Å². The highest BCUT2D eigenvalue weighted by Crippen LogP contribution is 2.31. The van der Waals surface area contributed by atoms with Crippen LogP contribution in [0.1, 0.15) is 11.1 Å². The molecule has 3 rings (SSSR count). The topological polar surface area (TPSA) is 45.9 Å². The van der Waals surface area contributed by atoms with E-state index in [0.717, 1.165) is 16.5 Å². The number of hydrogen-bond donors (Lipinski definition) is 0. The molecule has 0 unspecified atom stereocenters. The summed E-state index contributed by atoms with van der Waals surface area (Å²) in [5.41, 5.74) is 2.43. The highest BCUT2D eigenvalue weighted by atomic mass is 79.9. The summed E-state index contributed by atoms with van der Waals surface area (Å²) in [5.74, 6) is 1.25. The first-order valence-corrected chi connectivity index (χ1v) is 7.54. The number of ether oxygens (including phenoxy) is 1. The maximum Gasteiger partial charge on any atom is 0.145 e. The van der Waals surface area contributed by atoms with Crippen molar-refractivity contribution in [1.29, 1.82) is 5.26 Å². The SMILES string of the molecule is N#Cc1cc(CBr)ccc1Oc1cccc2ncccc12. The van der Waals surface area contributed by atoms with Crippen molar-refractivity contribution in [3.8, 4) is 17.6 Å². The molecule has 0 N–H and O–H groups in total. The van der Waals surface area contributed by atoms with Crippen molar-refractivity contribution in [2.24, 2.45) is 0 Å². The van der Waals surface area contributed by atoms with E-state index < -0.39 is 0 Å². The number of halogens is 1. The number of alkyl halides is 1. The van der Waals surface area contributed by atoms with Crippen molar-refractivity contribution >= 4 is 26.8 Å². The van der Waals surface area contributed by atoms with Crippen LogP contribution in [0.15, 0.2) is 54.7 Å². The molecule has 0 aliphatic carbocycles. The fourth-order valence-electron chi connectivity index (χ4n) is 2.12. The lowest BCUT2D eigenvalue weighted by atomic mass is 10.1. The van der Waals surface area contributed by atoms with Gasteiger partial charge in [0.2, 0.25) is 0 Å². The van der Waals surface area contributed by atoms with Crippen LogP contribution in [0.3, 0.4) is 0 Å². The minimum Gasteiger partial charge on any atom is -0.455 e. The number of benzene rings is 2. The van der Waals surface area contributed by atoms with Gasteiger partial charge in [-0.05, 0) is 42.0 Å². The second-order valence-electron chi connectivity index (χ2n) is 4.50. The number of rotatable bonds is 3. The molecule has 102 valence electrons. The zero-order valence-corrected chi connectivity index (χ0v) is 12.7. The average Bonchev–Trinajstić information content (AvgIpc) is 2.55. The van der Waals surface area contributed by atoms with Crippen LogP contribution >= 0.6 is 15.9 Å². The first-order chi connectivity index (χ1) is 10.3. The van der Waals surface area contributed by atoms with Gasteiger partial charge >= 0.3 is 0 Å². The summed E-state index contributed by atoms with van der Waals surface area (Å²) in [5, 5.41) is 10.9. The average molecular weight is 339 g/mol. The lowest BCUT2D eigenvalue weighted by Gasteiger charge is -2.10. The minimum absolute atomic E-state index is 0.521. The van der Waals surface area contributed by atoms with Crippen molar-refractivity contribution in [2.45, 2.75) is 5.33 Å². The van der Waals surface area contributed by atoms with Gasteiger partial charge in [-0.25, -0.2) is 0 Å². The van der Waals surface area contributed by atoms with Crippen LogP contribution in [0.25, 0.3) is 10.9 Å². The number of fused-ring (bicyclic) bond motifs is 1. The van der Waals surface area contributed by atoms with Gasteiger partial charge in [0.15, 0.2) is 0 Å². The summed E-state index contributed by atoms with van der Waals surface area (Å²) in [6.07, 6.45) is 1.75. The standard InChI is InChI=1S/C17H11BrN2O/c18-10-12-6-7-16(13(9-12)11-19)21-17-5-1-4-15-14(17)3-2-8-20-15/h1-9H,10H2. The van der Waals surface area contributed by atoms with Crippen LogP contribution in [-0.4, -0.2) is 4.98 Å². The molecule has 0 aliphatic heterocycles. The largest absolute Gasteiger partial charge is 0.455 e. The fraction of sp³-hybridized carbons (Fsp3) is 0.0588. The number of nitrogens with zero attached hydrogens (tertiary/aromatic N) is 2. The fourth-order valence-corrected chi connectivity index (χ4v) is 2.47. The molecule has 0 amide bonds. The summed E-state index contributed by atoms with van der Waals surface area (Å²) in [4.78, 5) is 4.30. The number of aromatic nitrogens is 1. The summed E-state index contributed by atoms with van der Waals surface area (Å²) in [6.45, 7) is 0. The molecule has 1 aromatic heterocycles. The molecular formula is C17H11BrN2O. The lowest BCUT2D eigenvalue weighted by Crippen LogP contribution is -1.91.